The van der Waals surface area contributed by atoms with Crippen molar-refractivity contribution >= 4 is 27.6 Å². The van der Waals surface area contributed by atoms with Crippen molar-refractivity contribution in [2.75, 3.05) is 6.54 Å². The number of carbonyl (C=O) groups excluding carboxylic acids is 2. The highest BCUT2D eigenvalue weighted by atomic mass is 79.9. The summed E-state index contributed by atoms with van der Waals surface area (Å²) in [7, 11) is 0. The minimum atomic E-state index is -0.316. The monoisotopic (exact) mass is 337 g/mol. The number of rotatable bonds is 4. The smallest absolute Gasteiger partial charge is 0.223 e. The molecule has 2 rings (SSSR count). The Bertz CT molecular complexity index is 525. The molecule has 1 amide bonds. The van der Waals surface area contributed by atoms with Gasteiger partial charge in [-0.3, -0.25) is 9.59 Å². The molecule has 1 saturated heterocycles. The van der Waals surface area contributed by atoms with Gasteiger partial charge in [-0.15, -0.1) is 0 Å². The molecule has 0 radical (unpaired) electrons. The Morgan fingerprint density at radius 1 is 1.40 bits per heavy atom. The number of amides is 1. The minimum Gasteiger partial charge on any atom is -0.330 e. The molecular formula is C16H20BrNO2. The van der Waals surface area contributed by atoms with Gasteiger partial charge in [0.15, 0.2) is 5.78 Å². The van der Waals surface area contributed by atoms with Crippen LogP contribution in [0.15, 0.2) is 28.7 Å². The summed E-state index contributed by atoms with van der Waals surface area (Å²) in [6.45, 7) is 4.21. The summed E-state index contributed by atoms with van der Waals surface area (Å²) < 4.78 is 1.06. The van der Waals surface area contributed by atoms with Gasteiger partial charge in [-0.25, -0.2) is 0 Å². The van der Waals surface area contributed by atoms with Crippen molar-refractivity contribution in [3.05, 3.63) is 34.3 Å². The van der Waals surface area contributed by atoms with Gasteiger partial charge in [0.25, 0.3) is 0 Å². The van der Waals surface area contributed by atoms with E-state index < -0.39 is 0 Å². The molecular weight excluding hydrogens is 318 g/mol. The molecule has 108 valence electrons. The van der Waals surface area contributed by atoms with Crippen molar-refractivity contribution in [1.29, 1.82) is 0 Å². The van der Waals surface area contributed by atoms with Crippen LogP contribution in [0.4, 0.5) is 0 Å². The maximum Gasteiger partial charge on any atom is 0.223 e. The van der Waals surface area contributed by atoms with Crippen LogP contribution in [-0.2, 0) is 16.0 Å². The Balaban J connectivity index is 1.85. The van der Waals surface area contributed by atoms with Crippen molar-refractivity contribution < 1.29 is 9.59 Å². The van der Waals surface area contributed by atoms with E-state index in [0.717, 1.165) is 17.3 Å². The molecule has 0 saturated carbocycles. The summed E-state index contributed by atoms with van der Waals surface area (Å²) >= 11 is 3.45. The predicted octanol–water partition coefficient (Wildman–Crippen LogP) is 3.35. The number of likely N-dealkylation sites (tertiary alicyclic amines) is 1. The molecule has 20 heavy (non-hydrogen) atoms. The van der Waals surface area contributed by atoms with Gasteiger partial charge in [-0.05, 0) is 44.4 Å². The van der Waals surface area contributed by atoms with Crippen molar-refractivity contribution in [2.45, 2.75) is 45.1 Å². The Morgan fingerprint density at radius 2 is 2.15 bits per heavy atom. The second-order valence-electron chi connectivity index (χ2n) is 5.99. The first-order valence-electron chi connectivity index (χ1n) is 6.95. The number of nitrogens with zero attached hydrogens (tertiary/aromatic N) is 1. The molecule has 0 atom stereocenters. The van der Waals surface area contributed by atoms with Crippen LogP contribution in [0.5, 0.6) is 0 Å². The van der Waals surface area contributed by atoms with E-state index >= 15 is 0 Å². The molecule has 0 unspecified atom stereocenters. The quantitative estimate of drug-likeness (QED) is 0.844. The Labute approximate surface area is 128 Å². The van der Waals surface area contributed by atoms with E-state index in [9.17, 15) is 9.59 Å². The fourth-order valence-electron chi connectivity index (χ4n) is 2.72. The van der Waals surface area contributed by atoms with Crippen LogP contribution in [0.1, 0.15) is 38.7 Å². The van der Waals surface area contributed by atoms with Crippen molar-refractivity contribution in [2.24, 2.45) is 0 Å². The zero-order chi connectivity index (χ0) is 14.8. The van der Waals surface area contributed by atoms with Crippen molar-refractivity contribution in [3.63, 3.8) is 0 Å². The number of Topliss-reactive ketones (excluding diaryl/α,β-unsaturated/α-hetero) is 1. The first kappa shape index (κ1) is 15.2. The third-order valence-electron chi connectivity index (χ3n) is 3.74. The van der Waals surface area contributed by atoms with Crippen LogP contribution < -0.4 is 0 Å². The number of hydrogen-bond acceptors (Lipinski definition) is 2. The standard InChI is InChI=1S/C16H20BrNO2/c1-16(2)10-14(19)11-18(16)15(20)8-4-6-12-5-3-7-13(17)9-12/h3,5,7,9H,4,6,8,10-11H2,1-2H3. The largest absolute Gasteiger partial charge is 0.330 e. The number of ketones is 1. The van der Waals surface area contributed by atoms with E-state index in [0.29, 0.717) is 12.8 Å². The summed E-state index contributed by atoms with van der Waals surface area (Å²) in [5.74, 6) is 0.256. The van der Waals surface area contributed by atoms with E-state index in [1.807, 2.05) is 26.0 Å². The Hall–Kier alpha value is -1.16. The maximum absolute atomic E-state index is 12.2. The normalized spacial score (nSPS) is 17.6. The predicted molar refractivity (Wildman–Crippen MR) is 82.5 cm³/mol. The van der Waals surface area contributed by atoms with Gasteiger partial charge >= 0.3 is 0 Å². The fraction of sp³-hybridized carbons (Fsp3) is 0.500. The highest BCUT2D eigenvalue weighted by Crippen LogP contribution is 2.27. The fourth-order valence-corrected chi connectivity index (χ4v) is 3.17. The summed E-state index contributed by atoms with van der Waals surface area (Å²) in [5.41, 5.74) is 0.910. The third kappa shape index (κ3) is 3.69. The van der Waals surface area contributed by atoms with Crippen molar-refractivity contribution in [1.82, 2.24) is 4.90 Å². The first-order valence-corrected chi connectivity index (χ1v) is 7.74. The van der Waals surface area contributed by atoms with Crippen LogP contribution in [0.25, 0.3) is 0 Å². The van der Waals surface area contributed by atoms with E-state index in [-0.39, 0.29) is 23.8 Å². The van der Waals surface area contributed by atoms with Gasteiger partial charge in [0.05, 0.1) is 6.54 Å². The molecule has 0 aliphatic carbocycles. The lowest BCUT2D eigenvalue weighted by atomic mass is 10.0. The van der Waals surface area contributed by atoms with Gasteiger partial charge in [0.2, 0.25) is 5.91 Å². The molecule has 0 N–H and O–H groups in total. The molecule has 1 aliphatic heterocycles. The molecule has 0 spiro atoms. The van der Waals surface area contributed by atoms with Crippen LogP contribution in [0, 0.1) is 0 Å². The zero-order valence-electron chi connectivity index (χ0n) is 12.0. The van der Waals surface area contributed by atoms with Gasteiger partial charge in [-0.2, -0.15) is 0 Å². The second kappa shape index (κ2) is 6.08. The van der Waals surface area contributed by atoms with Gasteiger partial charge < -0.3 is 4.90 Å². The van der Waals surface area contributed by atoms with Crippen LogP contribution >= 0.6 is 15.9 Å². The SMILES string of the molecule is CC1(C)CC(=O)CN1C(=O)CCCc1cccc(Br)c1. The second-order valence-corrected chi connectivity index (χ2v) is 6.91. The average molecular weight is 338 g/mol. The van der Waals surface area contributed by atoms with Gasteiger partial charge in [0.1, 0.15) is 0 Å². The molecule has 1 aliphatic rings. The zero-order valence-corrected chi connectivity index (χ0v) is 13.6. The Kier molecular flexibility index (Phi) is 4.63. The molecule has 3 nitrogen and oxygen atoms in total. The summed E-state index contributed by atoms with van der Waals surface area (Å²) in [6.07, 6.45) is 2.68. The number of hydrogen-bond donors (Lipinski definition) is 0. The third-order valence-corrected chi connectivity index (χ3v) is 4.23. The molecule has 0 aromatic heterocycles. The first-order chi connectivity index (χ1) is 9.38. The van der Waals surface area contributed by atoms with Gasteiger partial charge in [-0.1, -0.05) is 28.1 Å². The average Bonchev–Trinajstić information content (AvgIpc) is 2.62. The number of carbonyl (C=O) groups is 2. The topological polar surface area (TPSA) is 37.4 Å². The lowest BCUT2D eigenvalue weighted by Crippen LogP contribution is -2.42. The lowest BCUT2D eigenvalue weighted by molar-refractivity contribution is -0.135. The highest BCUT2D eigenvalue weighted by molar-refractivity contribution is 9.10. The molecule has 1 aromatic carbocycles. The minimum absolute atomic E-state index is 0.0934. The molecule has 1 heterocycles. The van der Waals surface area contributed by atoms with E-state index in [2.05, 4.69) is 28.1 Å². The van der Waals surface area contributed by atoms with Crippen LogP contribution in [0.3, 0.4) is 0 Å². The molecule has 0 bridgehead atoms. The van der Waals surface area contributed by atoms with Crippen LogP contribution in [-0.4, -0.2) is 28.7 Å². The summed E-state index contributed by atoms with van der Waals surface area (Å²) in [6, 6.07) is 8.14. The number of benzene rings is 1. The molecule has 1 fully saturated rings. The van der Waals surface area contributed by atoms with E-state index in [1.165, 1.54) is 5.56 Å². The molecule has 1 aromatic rings. The summed E-state index contributed by atoms with van der Waals surface area (Å²) in [5, 5.41) is 0. The van der Waals surface area contributed by atoms with Crippen molar-refractivity contribution in [3.8, 4) is 0 Å². The van der Waals surface area contributed by atoms with Gasteiger partial charge in [0, 0.05) is 22.9 Å². The molecule has 4 heteroatoms. The van der Waals surface area contributed by atoms with Crippen LogP contribution in [0.2, 0.25) is 0 Å². The number of aryl methyl sites for hydroxylation is 1. The maximum atomic E-state index is 12.2. The Morgan fingerprint density at radius 3 is 2.75 bits per heavy atom. The highest BCUT2D eigenvalue weighted by Gasteiger charge is 2.39. The van der Waals surface area contributed by atoms with E-state index in [1.54, 1.807) is 4.90 Å². The van der Waals surface area contributed by atoms with E-state index in [4.69, 9.17) is 0 Å². The summed E-state index contributed by atoms with van der Waals surface area (Å²) in [4.78, 5) is 25.5. The lowest BCUT2D eigenvalue weighted by Gasteiger charge is -2.30. The number of halogens is 1.